The minimum absolute atomic E-state index is 0. The second-order valence-corrected chi connectivity index (χ2v) is 6.68. The lowest BCUT2D eigenvalue weighted by Crippen LogP contribution is -2.37. The number of aliphatic imine (C=N–C) groups is 1. The van der Waals surface area contributed by atoms with Crippen LogP contribution in [0.15, 0.2) is 53.5 Å². The van der Waals surface area contributed by atoms with Gasteiger partial charge in [0.1, 0.15) is 5.82 Å². The maximum Gasteiger partial charge on any atom is 0.238 e. The number of nitrogens with zero attached hydrogens (tertiary/aromatic N) is 2. The molecular formula is C21H29FIN5O. The van der Waals surface area contributed by atoms with E-state index in [-0.39, 0.29) is 35.7 Å². The van der Waals surface area contributed by atoms with Gasteiger partial charge in [-0.3, -0.25) is 9.79 Å². The SMILES string of the molecule is CN=C(NCCc1ccccc1F)NCc1cccc(NC(=O)CN(C)C)c1.I. The first-order valence-corrected chi connectivity index (χ1v) is 9.19. The number of rotatable bonds is 8. The summed E-state index contributed by atoms with van der Waals surface area (Å²) in [6, 6.07) is 14.4. The summed E-state index contributed by atoms with van der Waals surface area (Å²) in [7, 11) is 5.39. The molecule has 0 fully saturated rings. The van der Waals surface area contributed by atoms with Crippen LogP contribution in [0.4, 0.5) is 10.1 Å². The van der Waals surface area contributed by atoms with Gasteiger partial charge in [0.15, 0.2) is 5.96 Å². The third-order valence-corrected chi connectivity index (χ3v) is 4.00. The van der Waals surface area contributed by atoms with E-state index in [1.54, 1.807) is 19.2 Å². The average molecular weight is 513 g/mol. The molecular weight excluding hydrogens is 484 g/mol. The fraction of sp³-hybridized carbons (Fsp3) is 0.333. The van der Waals surface area contributed by atoms with Gasteiger partial charge >= 0.3 is 0 Å². The van der Waals surface area contributed by atoms with E-state index in [1.165, 1.54) is 6.07 Å². The van der Waals surface area contributed by atoms with Crippen molar-refractivity contribution in [1.29, 1.82) is 0 Å². The number of hydrogen-bond acceptors (Lipinski definition) is 3. The van der Waals surface area contributed by atoms with Gasteiger partial charge in [0.25, 0.3) is 0 Å². The van der Waals surface area contributed by atoms with Crippen molar-refractivity contribution in [2.45, 2.75) is 13.0 Å². The van der Waals surface area contributed by atoms with Crippen molar-refractivity contribution >= 4 is 41.5 Å². The predicted molar refractivity (Wildman–Crippen MR) is 127 cm³/mol. The molecule has 0 spiro atoms. The third-order valence-electron chi connectivity index (χ3n) is 4.00. The lowest BCUT2D eigenvalue weighted by Gasteiger charge is -2.13. The Morgan fingerprint density at radius 2 is 1.86 bits per heavy atom. The molecule has 0 heterocycles. The van der Waals surface area contributed by atoms with Crippen molar-refractivity contribution in [3.8, 4) is 0 Å². The molecule has 0 saturated heterocycles. The first-order valence-electron chi connectivity index (χ1n) is 9.19. The summed E-state index contributed by atoms with van der Waals surface area (Å²) < 4.78 is 13.7. The molecule has 0 aliphatic heterocycles. The summed E-state index contributed by atoms with van der Waals surface area (Å²) in [5.41, 5.74) is 2.44. The topological polar surface area (TPSA) is 68.8 Å². The fourth-order valence-corrected chi connectivity index (χ4v) is 2.67. The van der Waals surface area contributed by atoms with E-state index in [4.69, 9.17) is 0 Å². The van der Waals surface area contributed by atoms with E-state index in [0.717, 1.165) is 11.3 Å². The lowest BCUT2D eigenvalue weighted by atomic mass is 10.1. The number of nitrogens with one attached hydrogen (secondary N) is 3. The van der Waals surface area contributed by atoms with Crippen LogP contribution in [0.5, 0.6) is 0 Å². The van der Waals surface area contributed by atoms with Crippen molar-refractivity contribution in [2.24, 2.45) is 4.99 Å². The number of hydrogen-bond donors (Lipinski definition) is 3. The maximum absolute atomic E-state index is 13.7. The molecule has 3 N–H and O–H groups in total. The van der Waals surface area contributed by atoms with Crippen LogP contribution in [0.3, 0.4) is 0 Å². The summed E-state index contributed by atoms with van der Waals surface area (Å²) in [4.78, 5) is 17.9. The summed E-state index contributed by atoms with van der Waals surface area (Å²) in [6.07, 6.45) is 0.570. The van der Waals surface area contributed by atoms with Crippen LogP contribution in [-0.2, 0) is 17.8 Å². The molecule has 0 bridgehead atoms. The van der Waals surface area contributed by atoms with E-state index in [2.05, 4.69) is 20.9 Å². The molecule has 2 aromatic carbocycles. The summed E-state index contributed by atoms with van der Waals surface area (Å²) >= 11 is 0. The van der Waals surface area contributed by atoms with Gasteiger partial charge in [-0.25, -0.2) is 4.39 Å². The molecule has 1 amide bonds. The molecule has 2 rings (SSSR count). The molecule has 0 aliphatic rings. The molecule has 6 nitrogen and oxygen atoms in total. The summed E-state index contributed by atoms with van der Waals surface area (Å²) in [6.45, 7) is 1.46. The van der Waals surface area contributed by atoms with E-state index in [1.807, 2.05) is 49.3 Å². The van der Waals surface area contributed by atoms with Gasteiger partial charge in [0.2, 0.25) is 5.91 Å². The minimum atomic E-state index is -0.194. The van der Waals surface area contributed by atoms with Crippen LogP contribution >= 0.6 is 24.0 Å². The van der Waals surface area contributed by atoms with Crippen LogP contribution in [-0.4, -0.2) is 51.0 Å². The molecule has 0 radical (unpaired) electrons. The van der Waals surface area contributed by atoms with Crippen LogP contribution in [0.1, 0.15) is 11.1 Å². The standard InChI is InChI=1S/C21H28FN5O.HI/c1-23-21(24-12-11-17-8-4-5-10-19(17)22)25-14-16-7-6-9-18(13-16)26-20(28)15-27(2)3;/h4-10,13H,11-12,14-15H2,1-3H3,(H,26,28)(H2,23,24,25);1H. The first-order chi connectivity index (χ1) is 13.5. The molecule has 2 aromatic rings. The Morgan fingerprint density at radius 1 is 1.10 bits per heavy atom. The van der Waals surface area contributed by atoms with Crippen molar-refractivity contribution in [1.82, 2.24) is 15.5 Å². The van der Waals surface area contributed by atoms with E-state index < -0.39 is 0 Å². The predicted octanol–water partition coefficient (Wildman–Crippen LogP) is 2.85. The monoisotopic (exact) mass is 513 g/mol. The molecule has 0 atom stereocenters. The Kier molecular flexibility index (Phi) is 11.2. The Morgan fingerprint density at radius 3 is 2.55 bits per heavy atom. The van der Waals surface area contributed by atoms with Crippen molar-refractivity contribution in [3.63, 3.8) is 0 Å². The lowest BCUT2D eigenvalue weighted by molar-refractivity contribution is -0.116. The van der Waals surface area contributed by atoms with E-state index in [0.29, 0.717) is 37.6 Å². The molecule has 0 saturated carbocycles. The maximum atomic E-state index is 13.7. The highest BCUT2D eigenvalue weighted by Crippen LogP contribution is 2.10. The number of carbonyl (C=O) groups excluding carboxylic acids is 1. The Bertz CT molecular complexity index is 813. The number of likely N-dealkylation sites (N-methyl/N-ethyl adjacent to an activating group) is 1. The molecule has 158 valence electrons. The molecule has 0 unspecified atom stereocenters. The van der Waals surface area contributed by atoms with Crippen LogP contribution in [0, 0.1) is 5.82 Å². The number of carbonyl (C=O) groups is 1. The smallest absolute Gasteiger partial charge is 0.238 e. The quantitative estimate of drug-likeness (QED) is 0.289. The molecule has 0 aromatic heterocycles. The highest BCUT2D eigenvalue weighted by molar-refractivity contribution is 14.0. The second kappa shape index (κ2) is 13.1. The minimum Gasteiger partial charge on any atom is -0.356 e. The van der Waals surface area contributed by atoms with Gasteiger partial charge < -0.3 is 20.9 Å². The van der Waals surface area contributed by atoms with Crippen LogP contribution in [0.2, 0.25) is 0 Å². The van der Waals surface area contributed by atoms with Crippen molar-refractivity contribution < 1.29 is 9.18 Å². The number of anilines is 1. The average Bonchev–Trinajstić information content (AvgIpc) is 2.65. The Balaban J connectivity index is 0.00000420. The van der Waals surface area contributed by atoms with Crippen LogP contribution in [0.25, 0.3) is 0 Å². The van der Waals surface area contributed by atoms with E-state index >= 15 is 0 Å². The van der Waals surface area contributed by atoms with Gasteiger partial charge in [-0.15, -0.1) is 24.0 Å². The van der Waals surface area contributed by atoms with E-state index in [9.17, 15) is 9.18 Å². The largest absolute Gasteiger partial charge is 0.356 e. The Hall–Kier alpha value is -2.20. The fourth-order valence-electron chi connectivity index (χ4n) is 2.67. The summed E-state index contributed by atoms with van der Waals surface area (Å²) in [5.74, 6) is 0.388. The van der Waals surface area contributed by atoms with Gasteiger partial charge in [0.05, 0.1) is 6.54 Å². The zero-order valence-corrected chi connectivity index (χ0v) is 19.4. The summed E-state index contributed by atoms with van der Waals surface area (Å²) in [5, 5.41) is 9.29. The number of benzene rings is 2. The van der Waals surface area contributed by atoms with Crippen LogP contribution < -0.4 is 16.0 Å². The van der Waals surface area contributed by atoms with Gasteiger partial charge in [-0.2, -0.15) is 0 Å². The van der Waals surface area contributed by atoms with Crippen molar-refractivity contribution in [2.75, 3.05) is 39.5 Å². The molecule has 0 aliphatic carbocycles. The highest BCUT2D eigenvalue weighted by atomic mass is 127. The van der Waals surface area contributed by atoms with Gasteiger partial charge in [-0.05, 0) is 49.8 Å². The zero-order valence-electron chi connectivity index (χ0n) is 17.0. The Labute approximate surface area is 189 Å². The highest BCUT2D eigenvalue weighted by Gasteiger charge is 2.05. The number of halogens is 2. The number of guanidine groups is 1. The second-order valence-electron chi connectivity index (χ2n) is 6.68. The van der Waals surface area contributed by atoms with Gasteiger partial charge in [0, 0.05) is 25.8 Å². The first kappa shape index (κ1) is 24.8. The third kappa shape index (κ3) is 9.23. The molecule has 29 heavy (non-hydrogen) atoms. The molecule has 8 heteroatoms. The normalized spacial score (nSPS) is 11.0. The van der Waals surface area contributed by atoms with Gasteiger partial charge in [-0.1, -0.05) is 30.3 Å². The number of amides is 1. The zero-order chi connectivity index (χ0) is 20.4. The van der Waals surface area contributed by atoms with Crippen molar-refractivity contribution in [3.05, 3.63) is 65.5 Å².